The summed E-state index contributed by atoms with van der Waals surface area (Å²) in [6, 6.07) is 0. The summed E-state index contributed by atoms with van der Waals surface area (Å²) in [6.07, 6.45) is 0. The van der Waals surface area contributed by atoms with Crippen LogP contribution in [0, 0.1) is 20.0 Å². The van der Waals surface area contributed by atoms with Gasteiger partial charge >= 0.3 is 33.9 Å². The first-order valence-corrected chi connectivity index (χ1v) is 6.10. The number of hydrogen-bond donors (Lipinski definition) is 2. The van der Waals surface area contributed by atoms with E-state index in [9.17, 15) is 0 Å². The van der Waals surface area contributed by atoms with Gasteiger partial charge in [0.2, 0.25) is 0 Å². The quantitative estimate of drug-likeness (QED) is 0.300. The molecule has 2 N–H and O–H groups in total. The van der Waals surface area contributed by atoms with E-state index in [0.29, 0.717) is 0 Å². The molecule has 0 atom stereocenters. The molecular weight excluding hydrogens is 430 g/mol. The summed E-state index contributed by atoms with van der Waals surface area (Å²) in [5.41, 5.74) is 0. The van der Waals surface area contributed by atoms with Gasteiger partial charge in [-0.25, -0.2) is 0 Å². The van der Waals surface area contributed by atoms with Crippen LogP contribution in [-0.2, 0) is 35.0 Å². The molecule has 0 saturated heterocycles. The third-order valence-electron chi connectivity index (χ3n) is 2.16. The summed E-state index contributed by atoms with van der Waals surface area (Å²) in [4.78, 5) is 2.46. The molecule has 7 heteroatoms. The number of hydrogen-bond acceptors (Lipinski definition) is 3. The molecular formula is C13H25N3O3W. The summed E-state index contributed by atoms with van der Waals surface area (Å²) in [7, 11) is 0. The minimum Gasteiger partial charge on any atom is 0 e. The van der Waals surface area contributed by atoms with Crippen molar-refractivity contribution in [2.45, 2.75) is 20.8 Å². The molecule has 20 heavy (non-hydrogen) atoms. The van der Waals surface area contributed by atoms with Gasteiger partial charge in [0.15, 0.2) is 0 Å². The van der Waals surface area contributed by atoms with Crippen molar-refractivity contribution in [2.75, 3.05) is 45.8 Å². The molecule has 0 aromatic heterocycles. The molecule has 0 rings (SSSR count). The summed E-state index contributed by atoms with van der Waals surface area (Å²) >= 11 is 0. The Bertz CT molecular complexity index is 175. The van der Waals surface area contributed by atoms with Gasteiger partial charge in [0, 0.05) is 47.2 Å². The molecule has 0 aromatic rings. The van der Waals surface area contributed by atoms with E-state index in [4.69, 9.17) is 14.0 Å². The van der Waals surface area contributed by atoms with Crippen molar-refractivity contribution < 1.29 is 35.0 Å². The van der Waals surface area contributed by atoms with E-state index in [1.165, 1.54) is 0 Å². The Morgan fingerprint density at radius 2 is 1.05 bits per heavy atom. The summed E-state index contributed by atoms with van der Waals surface area (Å²) < 4.78 is 22.5. The van der Waals surface area contributed by atoms with Crippen molar-refractivity contribution in [3.8, 4) is 0 Å². The topological polar surface area (TPSA) is 87.0 Å². The molecule has 0 spiro atoms. The zero-order valence-corrected chi connectivity index (χ0v) is 15.5. The molecule has 0 radical (unpaired) electrons. The Hall–Kier alpha value is -0.212. The van der Waals surface area contributed by atoms with Gasteiger partial charge in [-0.15, -0.1) is 0 Å². The maximum Gasteiger partial charge on any atom is 0 e. The standard InChI is InChI=1S/C10H25N3.3CO.W/c1-4-11-7-9-13(6-3)10-8-12-5-2;3*1-2;/h11-12H,4-10H2,1-3H3;;;;. The van der Waals surface area contributed by atoms with Crippen molar-refractivity contribution >= 4 is 0 Å². The minimum atomic E-state index is 0. The third kappa shape index (κ3) is 36.1. The van der Waals surface area contributed by atoms with Crippen molar-refractivity contribution in [3.05, 3.63) is 20.0 Å². The molecule has 0 aliphatic heterocycles. The van der Waals surface area contributed by atoms with Gasteiger partial charge in [-0.3, -0.25) is 0 Å². The maximum absolute atomic E-state index is 7.50. The zero-order chi connectivity index (χ0) is 15.9. The molecule has 116 valence electrons. The second-order valence-electron chi connectivity index (χ2n) is 3.14. The summed E-state index contributed by atoms with van der Waals surface area (Å²) in [5, 5.41) is 6.68. The molecule has 0 amide bonds. The molecule has 0 heterocycles. The van der Waals surface area contributed by atoms with E-state index >= 15 is 0 Å². The smallest absolute Gasteiger partial charge is 0 e. The maximum atomic E-state index is 7.50. The fourth-order valence-electron chi connectivity index (χ4n) is 1.26. The number of nitrogens with zero attached hydrogens (tertiary/aromatic N) is 1. The Kier molecular flexibility index (Phi) is 68.3. The van der Waals surface area contributed by atoms with Crippen LogP contribution < -0.4 is 10.6 Å². The first-order valence-electron chi connectivity index (χ1n) is 6.10. The van der Waals surface area contributed by atoms with E-state index in [2.05, 4.69) is 56.3 Å². The molecule has 0 bridgehead atoms. The second kappa shape index (κ2) is 42.8. The van der Waals surface area contributed by atoms with E-state index < -0.39 is 0 Å². The van der Waals surface area contributed by atoms with Crippen LogP contribution in [0.25, 0.3) is 0 Å². The number of rotatable bonds is 9. The van der Waals surface area contributed by atoms with E-state index in [-0.39, 0.29) is 21.1 Å². The van der Waals surface area contributed by atoms with Crippen LogP contribution in [0.4, 0.5) is 0 Å². The third-order valence-corrected chi connectivity index (χ3v) is 2.16. The first-order chi connectivity index (χ1) is 9.35. The van der Waals surface area contributed by atoms with Crippen molar-refractivity contribution in [3.63, 3.8) is 0 Å². The van der Waals surface area contributed by atoms with Gasteiger partial charge in [0.05, 0.1) is 0 Å². The van der Waals surface area contributed by atoms with Crippen LogP contribution >= 0.6 is 0 Å². The van der Waals surface area contributed by atoms with Gasteiger partial charge in [0.1, 0.15) is 0 Å². The molecule has 0 aromatic carbocycles. The van der Waals surface area contributed by atoms with Crippen LogP contribution in [0.1, 0.15) is 20.8 Å². The van der Waals surface area contributed by atoms with Crippen LogP contribution in [0.3, 0.4) is 0 Å². The summed E-state index contributed by atoms with van der Waals surface area (Å²) in [6.45, 7) is 27.9. The van der Waals surface area contributed by atoms with Gasteiger partial charge in [0.25, 0.3) is 0 Å². The zero-order valence-electron chi connectivity index (χ0n) is 12.5. The Morgan fingerprint density at radius 1 is 0.750 bits per heavy atom. The molecule has 0 unspecified atom stereocenters. The van der Waals surface area contributed by atoms with Crippen molar-refractivity contribution in [2.24, 2.45) is 0 Å². The predicted molar refractivity (Wildman–Crippen MR) is 71.0 cm³/mol. The van der Waals surface area contributed by atoms with Gasteiger partial charge in [-0.2, -0.15) is 0 Å². The predicted octanol–water partition coefficient (Wildman–Crippen LogP) is 0.412. The van der Waals surface area contributed by atoms with E-state index in [0.717, 1.165) is 45.8 Å². The SMILES string of the molecule is CCNCCN(CC)CCNCC.[C-]#[O+].[C-]#[O+].[C-]#[O+].[W]. The van der Waals surface area contributed by atoms with Crippen LogP contribution in [0.15, 0.2) is 0 Å². The molecule has 0 aliphatic carbocycles. The average molecular weight is 455 g/mol. The fourth-order valence-corrected chi connectivity index (χ4v) is 1.26. The first kappa shape index (κ1) is 31.9. The molecule has 0 fully saturated rings. The Labute approximate surface area is 137 Å². The Balaban J connectivity index is -0.0000000940. The van der Waals surface area contributed by atoms with Gasteiger partial charge in [-0.05, 0) is 19.6 Å². The average Bonchev–Trinajstić information content (AvgIpc) is 2.52. The molecule has 6 nitrogen and oxygen atoms in total. The van der Waals surface area contributed by atoms with Crippen LogP contribution in [-0.4, -0.2) is 50.7 Å². The minimum absolute atomic E-state index is 0. The fraction of sp³-hybridized carbons (Fsp3) is 0.769. The van der Waals surface area contributed by atoms with Gasteiger partial charge < -0.3 is 15.5 Å². The second-order valence-corrected chi connectivity index (χ2v) is 3.14. The van der Waals surface area contributed by atoms with Crippen molar-refractivity contribution in [1.29, 1.82) is 0 Å². The Morgan fingerprint density at radius 3 is 1.25 bits per heavy atom. The van der Waals surface area contributed by atoms with Crippen LogP contribution in [0.2, 0.25) is 0 Å². The summed E-state index contributed by atoms with van der Waals surface area (Å²) in [5.74, 6) is 0. The van der Waals surface area contributed by atoms with E-state index in [1.807, 2.05) is 0 Å². The number of nitrogens with one attached hydrogen (secondary N) is 2. The molecule has 0 saturated carbocycles. The largest absolute Gasteiger partial charge is 0 e. The number of likely N-dealkylation sites (N-methyl/N-ethyl adjacent to an activating group) is 3. The normalized spacial score (nSPS) is 7.50. The molecule has 0 aliphatic rings. The van der Waals surface area contributed by atoms with Crippen LogP contribution in [0.5, 0.6) is 0 Å². The van der Waals surface area contributed by atoms with Crippen molar-refractivity contribution in [1.82, 2.24) is 15.5 Å². The monoisotopic (exact) mass is 455 g/mol. The van der Waals surface area contributed by atoms with E-state index in [1.54, 1.807) is 0 Å². The van der Waals surface area contributed by atoms with Gasteiger partial charge in [-0.1, -0.05) is 20.8 Å².